The van der Waals surface area contributed by atoms with Crippen LogP contribution in [0, 0.1) is 10.8 Å². The predicted molar refractivity (Wildman–Crippen MR) is 110 cm³/mol. The fraction of sp³-hybridized carbons (Fsp3) is 0.733. The average Bonchev–Trinajstić information content (AvgIpc) is 2.84. The lowest BCUT2D eigenvalue weighted by Crippen LogP contribution is -2.28. The van der Waals surface area contributed by atoms with E-state index in [1.165, 1.54) is 0 Å². The van der Waals surface area contributed by atoms with Crippen LogP contribution in [0.5, 0.6) is 0 Å². The van der Waals surface area contributed by atoms with Gasteiger partial charge < -0.3 is 18.9 Å². The lowest BCUT2D eigenvalue weighted by atomic mass is 10.2. The van der Waals surface area contributed by atoms with Crippen molar-refractivity contribution in [1.29, 1.82) is 10.8 Å². The van der Waals surface area contributed by atoms with Gasteiger partial charge in [0.05, 0.1) is 19.3 Å². The van der Waals surface area contributed by atoms with E-state index in [9.17, 15) is 0 Å². The van der Waals surface area contributed by atoms with Gasteiger partial charge in [-0.25, -0.2) is 0 Å². The van der Waals surface area contributed by atoms with Crippen molar-refractivity contribution in [1.82, 2.24) is 0 Å². The van der Waals surface area contributed by atoms with E-state index in [4.69, 9.17) is 99.4 Å². The molecule has 0 aromatic rings. The van der Waals surface area contributed by atoms with E-state index < -0.39 is 31.3 Å². The maximum Gasteiger partial charge on any atom is 0.265 e. The number of hydrogen-bond donors (Lipinski definition) is 2. The highest BCUT2D eigenvalue weighted by atomic mass is 35.6. The van der Waals surface area contributed by atoms with E-state index in [0.29, 0.717) is 13.0 Å². The predicted octanol–water partition coefficient (Wildman–Crippen LogP) is 5.57. The van der Waals surface area contributed by atoms with E-state index >= 15 is 0 Å². The van der Waals surface area contributed by atoms with Gasteiger partial charge in [-0.1, -0.05) is 75.7 Å². The zero-order chi connectivity index (χ0) is 20.9. The van der Waals surface area contributed by atoms with Crippen LogP contribution in [0.25, 0.3) is 0 Å². The molecule has 0 amide bonds. The molecule has 1 heterocycles. The summed E-state index contributed by atoms with van der Waals surface area (Å²) in [7, 11) is 0. The zero-order valence-corrected chi connectivity index (χ0v) is 19.1. The van der Waals surface area contributed by atoms with Gasteiger partial charge in [-0.2, -0.15) is 0 Å². The summed E-state index contributed by atoms with van der Waals surface area (Å²) in [6.07, 6.45) is 3.52. The number of hydrogen-bond acceptors (Lipinski definition) is 6. The highest BCUT2D eigenvalue weighted by Gasteiger charge is 2.33. The Kier molecular flexibility index (Phi) is 9.77. The van der Waals surface area contributed by atoms with Gasteiger partial charge in [-0.15, -0.1) is 0 Å². The van der Waals surface area contributed by atoms with Crippen molar-refractivity contribution in [3.63, 3.8) is 0 Å². The Morgan fingerprint density at radius 2 is 1.74 bits per heavy atom. The molecule has 2 atom stereocenters. The maximum absolute atomic E-state index is 7.70. The topological polar surface area (TPSA) is 84.6 Å². The van der Waals surface area contributed by atoms with E-state index in [2.05, 4.69) is 0 Å². The van der Waals surface area contributed by atoms with Crippen LogP contribution < -0.4 is 0 Å². The van der Waals surface area contributed by atoms with Gasteiger partial charge in [0.25, 0.3) is 7.59 Å². The average molecular weight is 505 g/mol. The van der Waals surface area contributed by atoms with Crippen LogP contribution in [-0.2, 0) is 18.9 Å². The van der Waals surface area contributed by atoms with Gasteiger partial charge in [-0.05, 0) is 26.3 Å². The second-order valence-corrected chi connectivity index (χ2v) is 10.6. The van der Waals surface area contributed by atoms with Crippen molar-refractivity contribution in [3.8, 4) is 0 Å². The quantitative estimate of drug-likeness (QED) is 0.205. The lowest BCUT2D eigenvalue weighted by molar-refractivity contribution is -0.137. The van der Waals surface area contributed by atoms with E-state index in [1.54, 1.807) is 6.08 Å². The van der Waals surface area contributed by atoms with Crippen molar-refractivity contribution >= 4 is 81.4 Å². The second-order valence-electron chi connectivity index (χ2n) is 6.06. The molecule has 0 aromatic heterocycles. The molecule has 0 radical (unpaired) electrons. The smallest absolute Gasteiger partial charge is 0.265 e. The van der Waals surface area contributed by atoms with E-state index in [-0.39, 0.29) is 19.1 Å². The third-order valence-corrected chi connectivity index (χ3v) is 4.28. The lowest BCUT2D eigenvalue weighted by Gasteiger charge is -2.21. The van der Waals surface area contributed by atoms with Gasteiger partial charge >= 0.3 is 0 Å². The highest BCUT2D eigenvalue weighted by molar-refractivity contribution is 6.76. The third-order valence-electron chi connectivity index (χ3n) is 3.25. The summed E-state index contributed by atoms with van der Waals surface area (Å²) in [6, 6.07) is 0. The van der Waals surface area contributed by atoms with Crippen LogP contribution in [0.15, 0.2) is 12.2 Å². The van der Waals surface area contributed by atoms with E-state index in [1.807, 2.05) is 19.9 Å². The first-order valence-corrected chi connectivity index (χ1v) is 10.1. The Hall–Kier alpha value is 0.340. The largest absolute Gasteiger partial charge is 0.478 e. The van der Waals surface area contributed by atoms with Crippen LogP contribution in [0.1, 0.15) is 26.7 Å². The summed E-state index contributed by atoms with van der Waals surface area (Å²) in [5.41, 5.74) is 0. The molecule has 2 N–H and O–H groups in total. The Balaban J connectivity index is 2.60. The molecule has 0 spiro atoms. The fourth-order valence-corrected chi connectivity index (χ4v) is 2.33. The molecule has 6 nitrogen and oxygen atoms in total. The molecule has 1 aliphatic rings. The second kappa shape index (κ2) is 10.4. The van der Waals surface area contributed by atoms with Crippen LogP contribution in [0.3, 0.4) is 0 Å². The van der Waals surface area contributed by atoms with Crippen LogP contribution in [-0.4, -0.2) is 50.6 Å². The molecule has 0 bridgehead atoms. The minimum absolute atomic E-state index is 0.00897. The van der Waals surface area contributed by atoms with Crippen LogP contribution >= 0.6 is 69.6 Å². The molecular weight excluding hydrogens is 485 g/mol. The summed E-state index contributed by atoms with van der Waals surface area (Å²) in [4.78, 5) is 0. The SMILES string of the molecule is CC1(C)OC[C@H](C/C=C\[C@H](CCOC(=N)C(Cl)(Cl)Cl)OC(=N)C(Cl)(Cl)Cl)O1. The van der Waals surface area contributed by atoms with E-state index in [0.717, 1.165) is 0 Å². The monoisotopic (exact) mass is 502 g/mol. The molecule has 0 aromatic carbocycles. The third kappa shape index (κ3) is 10.1. The normalized spacial score (nSPS) is 21.3. The van der Waals surface area contributed by atoms with Gasteiger partial charge in [0.15, 0.2) is 5.79 Å². The summed E-state index contributed by atoms with van der Waals surface area (Å²) in [5, 5.41) is 15.2. The molecule has 12 heteroatoms. The summed E-state index contributed by atoms with van der Waals surface area (Å²) in [6.45, 7) is 4.13. The van der Waals surface area contributed by atoms with Gasteiger partial charge in [0.2, 0.25) is 11.8 Å². The van der Waals surface area contributed by atoms with Crippen LogP contribution in [0.2, 0.25) is 0 Å². The fourth-order valence-electron chi connectivity index (χ4n) is 2.03. The molecule has 1 aliphatic heterocycles. The number of halogens is 6. The van der Waals surface area contributed by atoms with Crippen molar-refractivity contribution in [2.45, 2.75) is 52.3 Å². The van der Waals surface area contributed by atoms with Gasteiger partial charge in [0, 0.05) is 6.42 Å². The summed E-state index contributed by atoms with van der Waals surface area (Å²) in [5.74, 6) is -1.68. The number of alkyl halides is 6. The minimum Gasteiger partial charge on any atom is -0.478 e. The first-order chi connectivity index (χ1) is 12.2. The standard InChI is InChI=1S/C15H20Cl6N2O4/c1-13(2)25-8-10(27-13)5-3-4-9(26-12(23)15(19,20)21)6-7-24-11(22)14(16,17)18/h3-4,9-10,22-23H,5-8H2,1-2H3/b4-3-,22-11?,23-12?/t9-,10+/m1/s1. The molecule has 156 valence electrons. The number of ether oxygens (including phenoxy) is 4. The molecule has 1 fully saturated rings. The Morgan fingerprint density at radius 1 is 1.15 bits per heavy atom. The molecule has 0 unspecified atom stereocenters. The molecule has 27 heavy (non-hydrogen) atoms. The molecule has 1 rings (SSSR count). The first-order valence-electron chi connectivity index (χ1n) is 7.80. The number of rotatable bonds is 7. The van der Waals surface area contributed by atoms with Gasteiger partial charge in [0.1, 0.15) is 6.10 Å². The molecule has 0 aliphatic carbocycles. The molecule has 1 saturated heterocycles. The maximum atomic E-state index is 7.70. The van der Waals surface area contributed by atoms with Crippen LogP contribution in [0.4, 0.5) is 0 Å². The van der Waals surface area contributed by atoms with Gasteiger partial charge in [-0.3, -0.25) is 10.8 Å². The Morgan fingerprint density at radius 3 is 2.22 bits per heavy atom. The highest BCUT2D eigenvalue weighted by Crippen LogP contribution is 2.30. The summed E-state index contributed by atoms with van der Waals surface area (Å²) < 4.78 is 17.7. The van der Waals surface area contributed by atoms with Crippen molar-refractivity contribution in [2.24, 2.45) is 0 Å². The Labute approximate surface area is 188 Å². The minimum atomic E-state index is -2.00. The zero-order valence-electron chi connectivity index (χ0n) is 14.5. The Bertz CT molecular complexity index is 559. The van der Waals surface area contributed by atoms with Crippen molar-refractivity contribution in [3.05, 3.63) is 12.2 Å². The molecular formula is C15H20Cl6N2O4. The first kappa shape index (κ1) is 25.4. The summed E-state index contributed by atoms with van der Waals surface area (Å²) >= 11 is 33.6. The van der Waals surface area contributed by atoms with Crippen molar-refractivity contribution in [2.75, 3.05) is 13.2 Å². The number of nitrogens with one attached hydrogen (secondary N) is 2. The molecule has 0 saturated carbocycles. The van der Waals surface area contributed by atoms with Crippen molar-refractivity contribution < 1.29 is 18.9 Å².